The van der Waals surface area contributed by atoms with Gasteiger partial charge in [0, 0.05) is 28.6 Å². The molecule has 2 atom stereocenters. The Bertz CT molecular complexity index is 1480. The topological polar surface area (TPSA) is 68.8 Å². The van der Waals surface area contributed by atoms with E-state index in [0.29, 0.717) is 22.0 Å². The van der Waals surface area contributed by atoms with Crippen LogP contribution in [0.4, 0.5) is 0 Å². The first-order chi connectivity index (χ1) is 17.0. The Kier molecular flexibility index (Phi) is 5.35. The molecular weight excluding hydrogens is 483 g/mol. The Morgan fingerprint density at radius 1 is 0.914 bits per heavy atom. The minimum absolute atomic E-state index is 0.160. The molecule has 8 heteroatoms. The molecule has 1 fully saturated rings. The molecule has 2 aliphatic rings. The third-order valence-corrected chi connectivity index (χ3v) is 7.34. The highest BCUT2D eigenvalue weighted by molar-refractivity contribution is 6.38. The van der Waals surface area contributed by atoms with Crippen LogP contribution in [0.3, 0.4) is 0 Å². The maximum Gasteiger partial charge on any atom is 0.266 e. The van der Waals surface area contributed by atoms with E-state index in [1.807, 2.05) is 54.6 Å². The summed E-state index contributed by atoms with van der Waals surface area (Å²) in [5, 5.41) is 7.47. The number of nitrogens with one attached hydrogen (secondary N) is 1. The maximum absolute atomic E-state index is 13.7. The molecular formula is C27H20Cl2N4O2. The smallest absolute Gasteiger partial charge is 0.266 e. The van der Waals surface area contributed by atoms with Crippen molar-refractivity contribution in [1.29, 1.82) is 0 Å². The van der Waals surface area contributed by atoms with Crippen LogP contribution < -0.4 is 0 Å². The number of amides is 2. The molecule has 0 aliphatic carbocycles. The van der Waals surface area contributed by atoms with Gasteiger partial charge in [0.25, 0.3) is 5.91 Å². The summed E-state index contributed by atoms with van der Waals surface area (Å²) >= 11 is 12.5. The number of hydrogen-bond acceptors (Lipinski definition) is 3. The number of hydrogen-bond donors (Lipinski definition) is 1. The van der Waals surface area contributed by atoms with Crippen LogP contribution in [0.25, 0.3) is 10.9 Å². The number of hydrazone groups is 1. The number of carbonyl (C=O) groups is 2. The first kappa shape index (κ1) is 21.9. The Morgan fingerprint density at radius 3 is 2.40 bits per heavy atom. The van der Waals surface area contributed by atoms with Gasteiger partial charge in [-0.25, -0.2) is 5.01 Å². The number of fused-ring (bicyclic) bond motifs is 4. The number of H-pyrrole nitrogens is 1. The second-order valence-electron chi connectivity index (χ2n) is 8.67. The van der Waals surface area contributed by atoms with Crippen molar-refractivity contribution in [2.45, 2.75) is 18.5 Å². The van der Waals surface area contributed by atoms with E-state index >= 15 is 0 Å². The van der Waals surface area contributed by atoms with Crippen molar-refractivity contribution < 1.29 is 9.59 Å². The molecule has 35 heavy (non-hydrogen) atoms. The van der Waals surface area contributed by atoms with Crippen LogP contribution in [-0.4, -0.2) is 45.5 Å². The molecule has 0 spiro atoms. The predicted octanol–water partition coefficient (Wildman–Crippen LogP) is 5.19. The average Bonchev–Trinajstić information content (AvgIpc) is 3.24. The molecule has 0 saturated carbocycles. The minimum Gasteiger partial charge on any atom is -0.356 e. The molecule has 6 nitrogen and oxygen atoms in total. The fourth-order valence-electron chi connectivity index (χ4n) is 5.09. The van der Waals surface area contributed by atoms with Gasteiger partial charge in [-0.1, -0.05) is 77.8 Å². The van der Waals surface area contributed by atoms with Crippen LogP contribution in [0.5, 0.6) is 0 Å². The number of aromatic nitrogens is 1. The first-order valence-electron chi connectivity index (χ1n) is 11.3. The lowest BCUT2D eigenvalue weighted by atomic mass is 9.86. The van der Waals surface area contributed by atoms with Crippen molar-refractivity contribution in [3.8, 4) is 0 Å². The normalized spacial score (nSPS) is 19.9. The fraction of sp³-hybridized carbons (Fsp3) is 0.148. The van der Waals surface area contributed by atoms with E-state index in [0.717, 1.165) is 27.7 Å². The van der Waals surface area contributed by atoms with Crippen molar-refractivity contribution >= 4 is 52.1 Å². The van der Waals surface area contributed by atoms with Gasteiger partial charge < -0.3 is 9.88 Å². The Morgan fingerprint density at radius 2 is 1.63 bits per heavy atom. The summed E-state index contributed by atoms with van der Waals surface area (Å²) in [7, 11) is 0. The highest BCUT2D eigenvalue weighted by atomic mass is 35.5. The molecule has 2 aliphatic heterocycles. The van der Waals surface area contributed by atoms with Crippen LogP contribution in [0.2, 0.25) is 10.0 Å². The zero-order valence-electron chi connectivity index (χ0n) is 18.5. The lowest BCUT2D eigenvalue weighted by Crippen LogP contribution is -2.61. The van der Waals surface area contributed by atoms with Crippen molar-refractivity contribution in [2.24, 2.45) is 5.10 Å². The maximum atomic E-state index is 13.7. The van der Waals surface area contributed by atoms with Gasteiger partial charge in [-0.15, -0.1) is 0 Å². The third-order valence-electron chi connectivity index (χ3n) is 6.69. The molecule has 1 N–H and O–H groups in total. The Hall–Kier alpha value is -3.61. The van der Waals surface area contributed by atoms with Crippen molar-refractivity contribution in [1.82, 2.24) is 14.9 Å². The number of nitrogens with zero attached hydrogens (tertiary/aromatic N) is 3. The molecule has 2 amide bonds. The summed E-state index contributed by atoms with van der Waals surface area (Å²) in [6.07, 6.45) is 1.85. The standard InChI is InChI=1S/C27H20Cl2N4O2/c28-20-10-6-11-21(29)19(20)14-30-32-15-24(34)33-23(27(32)35)13-18-17-9-4-5-12-22(17)31-25(18)26(33)16-7-2-1-3-8-16/h1-12,14,23,26,31H,13,15H2/t23-,26?/m0/s1. The Labute approximate surface area is 211 Å². The summed E-state index contributed by atoms with van der Waals surface area (Å²) in [5.41, 5.74) is 4.45. The van der Waals surface area contributed by atoms with Gasteiger partial charge in [0.1, 0.15) is 12.6 Å². The van der Waals surface area contributed by atoms with Gasteiger partial charge in [0.15, 0.2) is 0 Å². The monoisotopic (exact) mass is 502 g/mol. The SMILES string of the molecule is O=C1[C@@H]2Cc3c([nH]c4ccccc34)C(c3ccccc3)N2C(=O)CN1N=Cc1c(Cl)cccc1Cl. The van der Waals surface area contributed by atoms with E-state index in [1.54, 1.807) is 23.1 Å². The largest absolute Gasteiger partial charge is 0.356 e. The van der Waals surface area contributed by atoms with Gasteiger partial charge >= 0.3 is 0 Å². The molecule has 3 aromatic carbocycles. The third kappa shape index (κ3) is 3.61. The molecule has 0 radical (unpaired) electrons. The van der Waals surface area contributed by atoms with E-state index in [-0.39, 0.29) is 18.4 Å². The first-order valence-corrected chi connectivity index (χ1v) is 12.0. The molecule has 0 bridgehead atoms. The molecule has 4 aromatic rings. The van der Waals surface area contributed by atoms with E-state index < -0.39 is 12.1 Å². The van der Waals surface area contributed by atoms with E-state index in [4.69, 9.17) is 23.2 Å². The number of carbonyl (C=O) groups excluding carboxylic acids is 2. The number of halogens is 2. The second-order valence-corrected chi connectivity index (χ2v) is 9.49. The van der Waals surface area contributed by atoms with Gasteiger partial charge in [-0.05, 0) is 29.3 Å². The zero-order valence-corrected chi connectivity index (χ0v) is 20.0. The van der Waals surface area contributed by atoms with Crippen LogP contribution >= 0.6 is 23.2 Å². The average molecular weight is 503 g/mol. The van der Waals surface area contributed by atoms with Crippen LogP contribution in [0, 0.1) is 0 Å². The fourth-order valence-corrected chi connectivity index (χ4v) is 5.59. The van der Waals surface area contributed by atoms with E-state index in [1.165, 1.54) is 11.2 Å². The number of rotatable bonds is 3. The van der Waals surface area contributed by atoms with Crippen LogP contribution in [0.1, 0.15) is 28.4 Å². The number of piperazine rings is 1. The summed E-state index contributed by atoms with van der Waals surface area (Å²) in [5.74, 6) is -0.406. The van der Waals surface area contributed by atoms with Gasteiger partial charge in [-0.3, -0.25) is 9.59 Å². The van der Waals surface area contributed by atoms with Crippen molar-refractivity contribution in [3.05, 3.63) is 105 Å². The van der Waals surface area contributed by atoms with Crippen molar-refractivity contribution in [3.63, 3.8) is 0 Å². The molecule has 3 heterocycles. The quantitative estimate of drug-likeness (QED) is 0.391. The molecule has 1 aromatic heterocycles. The van der Waals surface area contributed by atoms with Gasteiger partial charge in [-0.2, -0.15) is 5.10 Å². The molecule has 1 unspecified atom stereocenters. The van der Waals surface area contributed by atoms with Crippen LogP contribution in [0.15, 0.2) is 77.9 Å². The van der Waals surface area contributed by atoms with Gasteiger partial charge in [0.2, 0.25) is 5.91 Å². The van der Waals surface area contributed by atoms with Gasteiger partial charge in [0.05, 0.1) is 22.3 Å². The predicted molar refractivity (Wildman–Crippen MR) is 137 cm³/mol. The van der Waals surface area contributed by atoms with Crippen molar-refractivity contribution in [2.75, 3.05) is 6.54 Å². The second kappa shape index (κ2) is 8.56. The molecule has 6 rings (SSSR count). The highest BCUT2D eigenvalue weighted by Crippen LogP contribution is 2.42. The molecule has 174 valence electrons. The number of para-hydroxylation sites is 1. The lowest BCUT2D eigenvalue weighted by molar-refractivity contribution is -0.158. The lowest BCUT2D eigenvalue weighted by Gasteiger charge is -2.45. The van der Waals surface area contributed by atoms with Crippen LogP contribution in [-0.2, 0) is 16.0 Å². The summed E-state index contributed by atoms with van der Waals surface area (Å²) in [6, 6.07) is 21.9. The summed E-state index contributed by atoms with van der Waals surface area (Å²) < 4.78 is 0. The summed E-state index contributed by atoms with van der Waals surface area (Å²) in [4.78, 5) is 32.5. The Balaban J connectivity index is 1.43. The minimum atomic E-state index is -0.674. The zero-order chi connectivity index (χ0) is 24.1. The number of aromatic amines is 1. The van der Waals surface area contributed by atoms with E-state index in [2.05, 4.69) is 10.1 Å². The number of benzene rings is 3. The summed E-state index contributed by atoms with van der Waals surface area (Å²) in [6.45, 7) is -0.160. The molecule has 1 saturated heterocycles. The highest BCUT2D eigenvalue weighted by Gasteiger charge is 2.48. The van der Waals surface area contributed by atoms with E-state index in [9.17, 15) is 9.59 Å².